The van der Waals surface area contributed by atoms with E-state index in [-0.39, 0.29) is 12.3 Å². The maximum Gasteiger partial charge on any atom is 0.432 e. The van der Waals surface area contributed by atoms with Crippen LogP contribution < -0.4 is 15.8 Å². The van der Waals surface area contributed by atoms with E-state index < -0.39 is 23.4 Å². The Morgan fingerprint density at radius 1 is 1.48 bits per heavy atom. The average Bonchev–Trinajstić information content (AvgIpc) is 2.61. The van der Waals surface area contributed by atoms with E-state index in [0.717, 1.165) is 6.20 Å². The number of rotatable bonds is 10. The van der Waals surface area contributed by atoms with E-state index in [1.807, 2.05) is 6.92 Å². The molecular weight excluding hydrogens is 365 g/mol. The fourth-order valence-corrected chi connectivity index (χ4v) is 2.04. The van der Waals surface area contributed by atoms with Crippen molar-refractivity contribution < 1.29 is 27.8 Å². The van der Waals surface area contributed by atoms with E-state index in [2.05, 4.69) is 15.3 Å². The quantitative estimate of drug-likeness (QED) is 0.420. The minimum absolute atomic E-state index is 0.137. The number of nitrogens with two attached hydrogens (primary N) is 1. The molecule has 1 atom stereocenters. The van der Waals surface area contributed by atoms with Gasteiger partial charge in [0.05, 0.1) is 12.1 Å². The smallest absolute Gasteiger partial charge is 0.432 e. The molecule has 7 nitrogen and oxygen atoms in total. The third-order valence-electron chi connectivity index (χ3n) is 3.50. The Labute approximate surface area is 155 Å². The molecule has 150 valence electrons. The highest BCUT2D eigenvalue weighted by Crippen LogP contribution is 2.21. The first-order valence-corrected chi connectivity index (χ1v) is 8.21. The van der Waals surface area contributed by atoms with Crippen molar-refractivity contribution in [2.24, 2.45) is 10.7 Å². The third kappa shape index (κ3) is 7.97. The Morgan fingerprint density at radius 2 is 2.19 bits per heavy atom. The molecule has 0 saturated heterocycles. The van der Waals surface area contributed by atoms with E-state index in [0.29, 0.717) is 25.1 Å². The van der Waals surface area contributed by atoms with E-state index in [1.54, 1.807) is 13.1 Å². The fourth-order valence-electron chi connectivity index (χ4n) is 2.04. The van der Waals surface area contributed by atoms with E-state index >= 15 is 0 Å². The highest BCUT2D eigenvalue weighted by atomic mass is 19.4. The number of halogens is 3. The van der Waals surface area contributed by atoms with E-state index in [1.165, 1.54) is 18.3 Å². The fraction of sp³-hybridized carbons (Fsp3) is 0.471. The van der Waals surface area contributed by atoms with Crippen LogP contribution in [-0.4, -0.2) is 47.1 Å². The Balaban J connectivity index is 2.66. The number of carboxylic acid groups (broad SMARTS) is 1. The van der Waals surface area contributed by atoms with Gasteiger partial charge in [-0.25, -0.2) is 9.78 Å². The lowest BCUT2D eigenvalue weighted by atomic mass is 9.97. The van der Waals surface area contributed by atoms with Crippen molar-refractivity contribution in [2.45, 2.75) is 38.4 Å². The second-order valence-electron chi connectivity index (χ2n) is 5.92. The topological polar surface area (TPSA) is 110 Å². The minimum Gasteiger partial charge on any atom is -0.493 e. The maximum absolute atomic E-state index is 12.5. The molecule has 0 spiro atoms. The summed E-state index contributed by atoms with van der Waals surface area (Å²) in [5.74, 6) is -0.817. The van der Waals surface area contributed by atoms with Crippen molar-refractivity contribution in [1.29, 1.82) is 0 Å². The van der Waals surface area contributed by atoms with Crippen LogP contribution in [0.2, 0.25) is 0 Å². The van der Waals surface area contributed by atoms with Crippen LogP contribution in [0, 0.1) is 0 Å². The summed E-state index contributed by atoms with van der Waals surface area (Å²) < 4.78 is 43.1. The standard InChI is InChI=1S/C17H23F3N4O3/c1-3-22-11-16(2,24-10-14(21)17(18,19)20)6-4-8-27-12-5-7-23-13(9-12)15(25)26/h5,7,9-11,24H,3-4,6,8,21H2,1-2H3,(H,25,26)/b14-10-,22-11?. The predicted molar refractivity (Wildman–Crippen MR) is 94.8 cm³/mol. The van der Waals surface area contributed by atoms with Gasteiger partial charge in [-0.1, -0.05) is 0 Å². The molecule has 0 saturated carbocycles. The van der Waals surface area contributed by atoms with E-state index in [9.17, 15) is 18.0 Å². The number of pyridine rings is 1. The molecule has 0 bridgehead atoms. The number of alkyl halides is 3. The number of hydrogen-bond acceptors (Lipinski definition) is 6. The number of aromatic carboxylic acids is 1. The number of carbonyl (C=O) groups is 1. The number of carboxylic acids is 1. The number of aliphatic imine (C=N–C) groups is 1. The van der Waals surface area contributed by atoms with Crippen LogP contribution in [-0.2, 0) is 0 Å². The second-order valence-corrected chi connectivity index (χ2v) is 5.92. The summed E-state index contributed by atoms with van der Waals surface area (Å²) in [6, 6.07) is 2.82. The molecule has 4 N–H and O–H groups in total. The summed E-state index contributed by atoms with van der Waals surface area (Å²) >= 11 is 0. The molecule has 27 heavy (non-hydrogen) atoms. The summed E-state index contributed by atoms with van der Waals surface area (Å²) in [6.45, 7) is 4.23. The summed E-state index contributed by atoms with van der Waals surface area (Å²) in [7, 11) is 0. The van der Waals surface area contributed by atoms with Crippen molar-refractivity contribution in [3.05, 3.63) is 35.9 Å². The van der Waals surface area contributed by atoms with Gasteiger partial charge < -0.3 is 20.9 Å². The Kier molecular flexibility index (Phi) is 8.07. The normalized spacial score (nSPS) is 14.8. The third-order valence-corrected chi connectivity index (χ3v) is 3.50. The van der Waals surface area contributed by atoms with Crippen LogP contribution in [0.15, 0.2) is 35.2 Å². The van der Waals surface area contributed by atoms with Crippen LogP contribution in [0.25, 0.3) is 0 Å². The van der Waals surface area contributed by atoms with Crippen LogP contribution in [0.5, 0.6) is 5.75 Å². The van der Waals surface area contributed by atoms with Crippen molar-refractivity contribution in [1.82, 2.24) is 10.3 Å². The summed E-state index contributed by atoms with van der Waals surface area (Å²) in [6.07, 6.45) is -0.128. The lowest BCUT2D eigenvalue weighted by Gasteiger charge is -2.26. The van der Waals surface area contributed by atoms with Crippen LogP contribution in [0.1, 0.15) is 37.2 Å². The highest BCUT2D eigenvalue weighted by Gasteiger charge is 2.32. The largest absolute Gasteiger partial charge is 0.493 e. The predicted octanol–water partition coefficient (Wildman–Crippen LogP) is 2.74. The molecular formula is C17H23F3N4O3. The van der Waals surface area contributed by atoms with Gasteiger partial charge in [-0.15, -0.1) is 0 Å². The molecule has 1 unspecified atom stereocenters. The SMILES string of the molecule is CCN=CC(C)(CCCOc1ccnc(C(=O)O)c1)N/C=C(\N)C(F)(F)F. The minimum atomic E-state index is -4.61. The summed E-state index contributed by atoms with van der Waals surface area (Å²) in [5, 5.41) is 11.6. The van der Waals surface area contributed by atoms with Gasteiger partial charge in [0.15, 0.2) is 5.69 Å². The second kappa shape index (κ2) is 9.79. The van der Waals surface area contributed by atoms with Crippen LogP contribution >= 0.6 is 0 Å². The molecule has 1 aromatic heterocycles. The lowest BCUT2D eigenvalue weighted by Crippen LogP contribution is -2.42. The zero-order valence-electron chi connectivity index (χ0n) is 15.1. The summed E-state index contributed by atoms with van der Waals surface area (Å²) in [5.41, 5.74) is 2.79. The van der Waals surface area contributed by atoms with Crippen molar-refractivity contribution in [2.75, 3.05) is 13.2 Å². The lowest BCUT2D eigenvalue weighted by molar-refractivity contribution is -0.0931. The first kappa shape index (κ1) is 22.3. The molecule has 0 amide bonds. The Hall–Kier alpha value is -2.78. The van der Waals surface area contributed by atoms with Gasteiger partial charge in [-0.2, -0.15) is 13.2 Å². The monoisotopic (exact) mass is 388 g/mol. The van der Waals surface area contributed by atoms with E-state index in [4.69, 9.17) is 15.6 Å². The first-order chi connectivity index (χ1) is 12.6. The number of nitrogens with one attached hydrogen (secondary N) is 1. The van der Waals surface area contributed by atoms with Crippen molar-refractivity contribution >= 4 is 12.2 Å². The molecule has 0 aliphatic carbocycles. The van der Waals surface area contributed by atoms with Crippen molar-refractivity contribution in [3.63, 3.8) is 0 Å². The molecule has 0 aromatic carbocycles. The van der Waals surface area contributed by atoms with Gasteiger partial charge in [0.25, 0.3) is 0 Å². The molecule has 10 heteroatoms. The van der Waals surface area contributed by atoms with Gasteiger partial charge in [0.1, 0.15) is 11.4 Å². The number of ether oxygens (including phenoxy) is 1. The highest BCUT2D eigenvalue weighted by molar-refractivity contribution is 5.85. The van der Waals surface area contributed by atoms with Gasteiger partial charge in [0.2, 0.25) is 0 Å². The molecule has 1 heterocycles. The molecule has 0 aliphatic rings. The Bertz CT molecular complexity index is 692. The zero-order chi connectivity index (χ0) is 20.5. The van der Waals surface area contributed by atoms with Crippen LogP contribution in [0.4, 0.5) is 13.2 Å². The van der Waals surface area contributed by atoms with Crippen molar-refractivity contribution in [3.8, 4) is 5.75 Å². The maximum atomic E-state index is 12.5. The molecule has 0 aliphatic heterocycles. The zero-order valence-corrected chi connectivity index (χ0v) is 15.1. The average molecular weight is 388 g/mol. The molecule has 1 rings (SSSR count). The van der Waals surface area contributed by atoms with Gasteiger partial charge in [-0.05, 0) is 32.8 Å². The van der Waals surface area contributed by atoms with Gasteiger partial charge in [0, 0.05) is 31.2 Å². The van der Waals surface area contributed by atoms with Gasteiger partial charge in [-0.3, -0.25) is 4.99 Å². The number of allylic oxidation sites excluding steroid dienone is 1. The molecule has 0 fully saturated rings. The molecule has 0 radical (unpaired) electrons. The Morgan fingerprint density at radius 3 is 2.78 bits per heavy atom. The van der Waals surface area contributed by atoms with Crippen LogP contribution in [0.3, 0.4) is 0 Å². The number of hydrogen-bond donors (Lipinski definition) is 3. The number of nitrogens with zero attached hydrogens (tertiary/aromatic N) is 2. The number of aromatic nitrogens is 1. The molecule has 1 aromatic rings. The van der Waals surface area contributed by atoms with Gasteiger partial charge >= 0.3 is 12.1 Å². The first-order valence-electron chi connectivity index (χ1n) is 8.21. The summed E-state index contributed by atoms with van der Waals surface area (Å²) in [4.78, 5) is 18.7.